The minimum atomic E-state index is -0.573. The lowest BCUT2D eigenvalue weighted by molar-refractivity contribution is -0.0233. The lowest BCUT2D eigenvalue weighted by Crippen LogP contribution is -2.22. The van der Waals surface area contributed by atoms with E-state index in [1.54, 1.807) is 4.57 Å². The van der Waals surface area contributed by atoms with Crippen molar-refractivity contribution in [2.45, 2.75) is 24.8 Å². The molecule has 0 saturated carbocycles. The summed E-state index contributed by atoms with van der Waals surface area (Å²) in [6.07, 6.45) is 0.833. The zero-order valence-corrected chi connectivity index (χ0v) is 12.0. The zero-order valence-electron chi connectivity index (χ0n) is 10.5. The highest BCUT2D eigenvalue weighted by Crippen LogP contribution is 2.33. The summed E-state index contributed by atoms with van der Waals surface area (Å²) >= 11 is 11.8. The second-order valence-corrected chi connectivity index (χ2v) is 5.12. The van der Waals surface area contributed by atoms with E-state index in [0.717, 1.165) is 0 Å². The highest BCUT2D eigenvalue weighted by atomic mass is 35.5. The summed E-state index contributed by atoms with van der Waals surface area (Å²) in [5, 5.41) is 13.1. The monoisotopic (exact) mass is 329 g/mol. The second kappa shape index (κ2) is 5.63. The number of hydrogen-bond acceptors (Lipinski definition) is 6. The van der Waals surface area contributed by atoms with E-state index in [9.17, 15) is 5.11 Å². The summed E-state index contributed by atoms with van der Waals surface area (Å²) < 4.78 is 7.30. The maximum Gasteiger partial charge on any atom is 0.225 e. The lowest BCUT2D eigenvalue weighted by Gasteiger charge is -2.13. The van der Waals surface area contributed by atoms with Crippen LogP contribution in [-0.4, -0.2) is 43.4 Å². The number of imidazole rings is 1. The fraction of sp³-hybridized carbons (Fsp3) is 0.500. The van der Waals surface area contributed by atoms with Crippen molar-refractivity contribution in [3.8, 4) is 0 Å². The standard InChI is InChI=1S/C10H9Cl2N7O2/c11-8-7-9(16-10(12)15-8)19(3-14-7)6-1-4(17-18-13)5(2-20)21-6/h3-6,20H,1-2H2/t4?,5-,6-/m1/s1. The van der Waals surface area contributed by atoms with Crippen LogP contribution in [0.5, 0.6) is 0 Å². The Kier molecular flexibility index (Phi) is 3.83. The maximum absolute atomic E-state index is 9.28. The van der Waals surface area contributed by atoms with Crippen molar-refractivity contribution in [3.05, 3.63) is 27.2 Å². The van der Waals surface area contributed by atoms with Crippen molar-refractivity contribution >= 4 is 34.4 Å². The number of rotatable bonds is 3. The van der Waals surface area contributed by atoms with E-state index in [-0.39, 0.29) is 17.0 Å². The average molecular weight is 330 g/mol. The molecule has 2 aromatic heterocycles. The predicted molar refractivity (Wildman–Crippen MR) is 73.9 cm³/mol. The normalized spacial score (nSPS) is 25.2. The van der Waals surface area contributed by atoms with Gasteiger partial charge >= 0.3 is 0 Å². The van der Waals surface area contributed by atoms with Gasteiger partial charge in [0, 0.05) is 11.3 Å². The Morgan fingerprint density at radius 1 is 1.52 bits per heavy atom. The van der Waals surface area contributed by atoms with Crippen LogP contribution in [0.3, 0.4) is 0 Å². The van der Waals surface area contributed by atoms with Gasteiger partial charge in [-0.1, -0.05) is 16.7 Å². The largest absolute Gasteiger partial charge is 0.394 e. The molecule has 0 spiro atoms. The molecule has 1 unspecified atom stereocenters. The molecule has 2 aromatic rings. The van der Waals surface area contributed by atoms with Gasteiger partial charge in [0.25, 0.3) is 0 Å². The van der Waals surface area contributed by atoms with E-state index in [1.807, 2.05) is 0 Å². The highest BCUT2D eigenvalue weighted by Gasteiger charge is 2.36. The predicted octanol–water partition coefficient (Wildman–Crippen LogP) is 2.09. The molecule has 1 aliphatic heterocycles. The first-order valence-electron chi connectivity index (χ1n) is 6.00. The summed E-state index contributed by atoms with van der Waals surface area (Å²) in [5.74, 6) is 0. The number of nitrogens with zero attached hydrogens (tertiary/aromatic N) is 7. The van der Waals surface area contributed by atoms with Crippen LogP contribution in [0.15, 0.2) is 11.4 Å². The van der Waals surface area contributed by atoms with E-state index in [0.29, 0.717) is 17.6 Å². The quantitative estimate of drug-likeness (QED) is 0.303. The fourth-order valence-electron chi connectivity index (χ4n) is 2.31. The fourth-order valence-corrected chi connectivity index (χ4v) is 2.73. The van der Waals surface area contributed by atoms with E-state index >= 15 is 0 Å². The molecule has 0 radical (unpaired) electrons. The molecular weight excluding hydrogens is 321 g/mol. The van der Waals surface area contributed by atoms with E-state index in [4.69, 9.17) is 33.5 Å². The molecular formula is C10H9Cl2N7O2. The molecule has 1 fully saturated rings. The number of fused-ring (bicyclic) bond motifs is 1. The first-order chi connectivity index (χ1) is 10.1. The Morgan fingerprint density at radius 3 is 3.05 bits per heavy atom. The van der Waals surface area contributed by atoms with Crippen LogP contribution in [0.1, 0.15) is 12.6 Å². The number of aromatic nitrogens is 4. The Morgan fingerprint density at radius 2 is 2.33 bits per heavy atom. The van der Waals surface area contributed by atoms with Crippen LogP contribution >= 0.6 is 23.2 Å². The summed E-state index contributed by atoms with van der Waals surface area (Å²) in [4.78, 5) is 14.8. The van der Waals surface area contributed by atoms with Crippen LogP contribution in [0.4, 0.5) is 0 Å². The van der Waals surface area contributed by atoms with E-state index in [2.05, 4.69) is 25.0 Å². The molecule has 0 bridgehead atoms. The first kappa shape index (κ1) is 14.3. The molecule has 0 aliphatic carbocycles. The molecule has 1 N–H and O–H groups in total. The zero-order chi connectivity index (χ0) is 15.0. The molecule has 1 aliphatic rings. The number of aliphatic hydroxyl groups is 1. The summed E-state index contributed by atoms with van der Waals surface area (Å²) in [6.45, 7) is -0.247. The second-order valence-electron chi connectivity index (χ2n) is 4.43. The lowest BCUT2D eigenvalue weighted by atomic mass is 10.1. The van der Waals surface area contributed by atoms with Crippen molar-refractivity contribution in [2.75, 3.05) is 6.61 Å². The van der Waals surface area contributed by atoms with E-state index in [1.165, 1.54) is 6.33 Å². The summed E-state index contributed by atoms with van der Waals surface area (Å²) in [7, 11) is 0. The molecule has 3 heterocycles. The average Bonchev–Trinajstić information content (AvgIpc) is 3.02. The Hall–Kier alpha value is -1.64. The smallest absolute Gasteiger partial charge is 0.225 e. The third-order valence-corrected chi connectivity index (χ3v) is 3.68. The van der Waals surface area contributed by atoms with Gasteiger partial charge in [-0.25, -0.2) is 9.97 Å². The Bertz CT molecular complexity index is 730. The number of azide groups is 1. The van der Waals surface area contributed by atoms with Crippen molar-refractivity contribution < 1.29 is 9.84 Å². The third kappa shape index (κ3) is 2.50. The highest BCUT2D eigenvalue weighted by molar-refractivity contribution is 6.35. The Labute approximate surface area is 128 Å². The maximum atomic E-state index is 9.28. The van der Waals surface area contributed by atoms with Gasteiger partial charge in [-0.05, 0) is 17.1 Å². The van der Waals surface area contributed by atoms with Gasteiger partial charge in [-0.3, -0.25) is 4.57 Å². The van der Waals surface area contributed by atoms with Gasteiger partial charge in [0.15, 0.2) is 10.8 Å². The summed E-state index contributed by atoms with van der Waals surface area (Å²) in [5.41, 5.74) is 9.37. The van der Waals surface area contributed by atoms with Gasteiger partial charge in [0.05, 0.1) is 25.1 Å². The third-order valence-electron chi connectivity index (χ3n) is 3.25. The molecule has 110 valence electrons. The minimum Gasteiger partial charge on any atom is -0.394 e. The van der Waals surface area contributed by atoms with Gasteiger partial charge in [-0.2, -0.15) is 4.98 Å². The molecule has 0 amide bonds. The van der Waals surface area contributed by atoms with Crippen molar-refractivity contribution in [2.24, 2.45) is 5.11 Å². The molecule has 11 heteroatoms. The molecule has 21 heavy (non-hydrogen) atoms. The van der Waals surface area contributed by atoms with Gasteiger partial charge < -0.3 is 9.84 Å². The SMILES string of the molecule is [N-]=[N+]=NC1C[C@H](n2cnc3c(Cl)nc(Cl)nc32)O[C@@H]1CO. The number of aliphatic hydroxyl groups excluding tert-OH is 1. The number of ether oxygens (including phenoxy) is 1. The van der Waals surface area contributed by atoms with Crippen LogP contribution < -0.4 is 0 Å². The van der Waals surface area contributed by atoms with Crippen molar-refractivity contribution in [1.29, 1.82) is 0 Å². The van der Waals surface area contributed by atoms with Crippen LogP contribution in [-0.2, 0) is 4.74 Å². The molecule has 0 aromatic carbocycles. The van der Waals surface area contributed by atoms with Gasteiger partial charge in [0.2, 0.25) is 5.28 Å². The molecule has 3 atom stereocenters. The number of halogens is 2. The van der Waals surface area contributed by atoms with Crippen LogP contribution in [0.2, 0.25) is 10.4 Å². The topological polar surface area (TPSA) is 122 Å². The minimum absolute atomic E-state index is 0.00227. The first-order valence-corrected chi connectivity index (χ1v) is 6.75. The number of hydrogen-bond donors (Lipinski definition) is 1. The Balaban J connectivity index is 2.00. The van der Waals surface area contributed by atoms with Crippen LogP contribution in [0.25, 0.3) is 21.6 Å². The summed E-state index contributed by atoms with van der Waals surface area (Å²) in [6, 6.07) is -0.463. The van der Waals surface area contributed by atoms with E-state index < -0.39 is 18.4 Å². The van der Waals surface area contributed by atoms with Crippen LogP contribution in [0, 0.1) is 0 Å². The van der Waals surface area contributed by atoms with Gasteiger partial charge in [-0.15, -0.1) is 0 Å². The van der Waals surface area contributed by atoms with Gasteiger partial charge in [0.1, 0.15) is 11.7 Å². The molecule has 3 rings (SSSR count). The van der Waals surface area contributed by atoms with Crippen molar-refractivity contribution in [1.82, 2.24) is 19.5 Å². The van der Waals surface area contributed by atoms with Crippen molar-refractivity contribution in [3.63, 3.8) is 0 Å². The molecule has 1 saturated heterocycles. The molecule has 9 nitrogen and oxygen atoms in total.